The van der Waals surface area contributed by atoms with Gasteiger partial charge in [0.2, 0.25) is 17.7 Å². The third-order valence-electron chi connectivity index (χ3n) is 6.99. The first-order valence-corrected chi connectivity index (χ1v) is 13.6. The van der Waals surface area contributed by atoms with E-state index in [0.29, 0.717) is 34.6 Å². The summed E-state index contributed by atoms with van der Waals surface area (Å²) < 4.78 is 12.5. The number of benzene rings is 3. The molecule has 3 N–H and O–H groups in total. The van der Waals surface area contributed by atoms with Crippen molar-refractivity contribution in [3.63, 3.8) is 0 Å². The predicted octanol–water partition coefficient (Wildman–Crippen LogP) is 3.17. The topological polar surface area (TPSA) is 148 Å². The standard InChI is InChI=1S/C30H32N6O6/c1-19(37)32-21-10-12-22(13-11-21)36(28(39)18-35-25-8-4-3-7-24(25)33-34-35)29(20-9-14-26(38)27(16-20)41-2)30(40)31-17-23-6-5-15-42-23/h3-4,7-14,16,23,29,38H,5-6,15,17-18H2,1-2H3,(H,31,40)(H,32,37). The summed E-state index contributed by atoms with van der Waals surface area (Å²) >= 11 is 0. The van der Waals surface area contributed by atoms with Gasteiger partial charge in [0.1, 0.15) is 18.1 Å². The number of carbonyl (C=O) groups is 3. The van der Waals surface area contributed by atoms with E-state index in [1.807, 2.05) is 18.2 Å². The van der Waals surface area contributed by atoms with Crippen LogP contribution >= 0.6 is 0 Å². The molecule has 3 aromatic carbocycles. The van der Waals surface area contributed by atoms with Crippen LogP contribution in [0.5, 0.6) is 11.5 Å². The Balaban J connectivity index is 1.57. The van der Waals surface area contributed by atoms with Crippen LogP contribution < -0.4 is 20.3 Å². The minimum absolute atomic E-state index is 0.105. The lowest BCUT2D eigenvalue weighted by Crippen LogP contribution is -2.46. The van der Waals surface area contributed by atoms with Crippen molar-refractivity contribution in [3.05, 3.63) is 72.3 Å². The molecule has 2 heterocycles. The van der Waals surface area contributed by atoms with E-state index >= 15 is 0 Å². The Hall–Kier alpha value is -4.97. The van der Waals surface area contributed by atoms with Crippen LogP contribution in [0.3, 0.4) is 0 Å². The summed E-state index contributed by atoms with van der Waals surface area (Å²) in [6.07, 6.45) is 1.62. The van der Waals surface area contributed by atoms with E-state index in [2.05, 4.69) is 20.9 Å². The third-order valence-corrected chi connectivity index (χ3v) is 6.99. The molecular weight excluding hydrogens is 540 g/mol. The van der Waals surface area contributed by atoms with E-state index in [-0.39, 0.29) is 36.6 Å². The van der Waals surface area contributed by atoms with Gasteiger partial charge in [0.05, 0.1) is 18.7 Å². The number of rotatable bonds is 10. The van der Waals surface area contributed by atoms with Crippen LogP contribution in [0.4, 0.5) is 11.4 Å². The number of nitrogens with zero attached hydrogens (tertiary/aromatic N) is 4. The predicted molar refractivity (Wildman–Crippen MR) is 155 cm³/mol. The molecule has 0 aliphatic carbocycles. The van der Waals surface area contributed by atoms with Crippen LogP contribution in [-0.4, -0.2) is 64.2 Å². The zero-order valence-corrected chi connectivity index (χ0v) is 23.3. The number of hydrogen-bond donors (Lipinski definition) is 3. The summed E-state index contributed by atoms with van der Waals surface area (Å²) in [6, 6.07) is 17.2. The van der Waals surface area contributed by atoms with E-state index in [1.165, 1.54) is 35.7 Å². The third kappa shape index (κ3) is 6.33. The average molecular weight is 573 g/mol. The largest absolute Gasteiger partial charge is 0.504 e. The van der Waals surface area contributed by atoms with Crippen molar-refractivity contribution >= 4 is 40.1 Å². The molecule has 2 unspecified atom stereocenters. The number of aromatic hydroxyl groups is 1. The fraction of sp³-hybridized carbons (Fsp3) is 0.300. The van der Waals surface area contributed by atoms with Crippen LogP contribution in [0.25, 0.3) is 11.0 Å². The molecule has 0 bridgehead atoms. The van der Waals surface area contributed by atoms with Crippen molar-refractivity contribution in [3.8, 4) is 11.5 Å². The van der Waals surface area contributed by atoms with Crippen molar-refractivity contribution in [2.75, 3.05) is 30.5 Å². The van der Waals surface area contributed by atoms with E-state index in [9.17, 15) is 19.5 Å². The molecule has 0 spiro atoms. The molecule has 12 heteroatoms. The lowest BCUT2D eigenvalue weighted by Gasteiger charge is -2.32. The first kappa shape index (κ1) is 28.6. The normalized spacial score (nSPS) is 15.2. The van der Waals surface area contributed by atoms with Crippen LogP contribution in [0, 0.1) is 0 Å². The van der Waals surface area contributed by atoms with Gasteiger partial charge in [0.15, 0.2) is 11.5 Å². The lowest BCUT2D eigenvalue weighted by molar-refractivity contribution is -0.127. The maximum Gasteiger partial charge on any atom is 0.249 e. The number of phenolic OH excluding ortho intramolecular Hbond substituents is 1. The zero-order valence-electron chi connectivity index (χ0n) is 23.3. The fourth-order valence-electron chi connectivity index (χ4n) is 4.98. The highest BCUT2D eigenvalue weighted by atomic mass is 16.5. The van der Waals surface area contributed by atoms with E-state index in [4.69, 9.17) is 9.47 Å². The lowest BCUT2D eigenvalue weighted by atomic mass is 10.0. The molecule has 0 radical (unpaired) electrons. The van der Waals surface area contributed by atoms with Gasteiger partial charge in [-0.3, -0.25) is 19.3 Å². The number of hydrogen-bond acceptors (Lipinski definition) is 8. The minimum Gasteiger partial charge on any atom is -0.504 e. The molecular formula is C30H32N6O6. The highest BCUT2D eigenvalue weighted by Gasteiger charge is 2.34. The van der Waals surface area contributed by atoms with Gasteiger partial charge in [-0.15, -0.1) is 5.10 Å². The van der Waals surface area contributed by atoms with E-state index in [1.54, 1.807) is 36.4 Å². The van der Waals surface area contributed by atoms with Crippen molar-refractivity contribution in [1.82, 2.24) is 20.3 Å². The number of phenols is 1. The quantitative estimate of drug-likeness (QED) is 0.263. The second-order valence-corrected chi connectivity index (χ2v) is 9.94. The number of para-hydroxylation sites is 1. The Morgan fingerprint density at radius 1 is 1.14 bits per heavy atom. The number of fused-ring (bicyclic) bond motifs is 1. The molecule has 1 fully saturated rings. The van der Waals surface area contributed by atoms with Crippen LogP contribution in [0.1, 0.15) is 31.4 Å². The smallest absolute Gasteiger partial charge is 0.249 e. The number of methoxy groups -OCH3 is 1. The summed E-state index contributed by atoms with van der Waals surface area (Å²) in [5, 5.41) is 24.2. The van der Waals surface area contributed by atoms with Crippen molar-refractivity contribution in [1.29, 1.82) is 0 Å². The van der Waals surface area contributed by atoms with Gasteiger partial charge in [-0.1, -0.05) is 23.4 Å². The highest BCUT2D eigenvalue weighted by Crippen LogP contribution is 2.34. The molecule has 12 nitrogen and oxygen atoms in total. The number of nitrogens with one attached hydrogen (secondary N) is 2. The Bertz CT molecular complexity index is 1580. The fourth-order valence-corrected chi connectivity index (χ4v) is 4.98. The molecule has 2 atom stereocenters. The van der Waals surface area contributed by atoms with Gasteiger partial charge >= 0.3 is 0 Å². The second-order valence-electron chi connectivity index (χ2n) is 9.94. The zero-order chi connectivity index (χ0) is 29.6. The molecule has 1 aliphatic heterocycles. The van der Waals surface area contributed by atoms with Crippen molar-refractivity contribution < 1.29 is 29.0 Å². The monoisotopic (exact) mass is 572 g/mol. The molecule has 0 saturated carbocycles. The van der Waals surface area contributed by atoms with Crippen molar-refractivity contribution in [2.45, 2.75) is 38.5 Å². The van der Waals surface area contributed by atoms with Gasteiger partial charge in [-0.25, -0.2) is 4.68 Å². The first-order valence-electron chi connectivity index (χ1n) is 13.6. The average Bonchev–Trinajstić information content (AvgIpc) is 3.66. The SMILES string of the molecule is COc1cc(C(C(=O)NCC2CCCO2)N(C(=O)Cn2nnc3ccccc32)c2ccc(NC(C)=O)cc2)ccc1O. The molecule has 42 heavy (non-hydrogen) atoms. The van der Waals surface area contributed by atoms with Crippen LogP contribution in [-0.2, 0) is 25.7 Å². The van der Waals surface area contributed by atoms with Gasteiger partial charge in [0, 0.05) is 31.5 Å². The molecule has 218 valence electrons. The second kappa shape index (κ2) is 12.7. The minimum atomic E-state index is -1.16. The van der Waals surface area contributed by atoms with Crippen LogP contribution in [0.2, 0.25) is 0 Å². The molecule has 3 amide bonds. The molecule has 1 saturated heterocycles. The maximum absolute atomic E-state index is 14.2. The van der Waals surface area contributed by atoms with E-state index < -0.39 is 17.9 Å². The summed E-state index contributed by atoms with van der Waals surface area (Å²) in [5.74, 6) is -1.08. The van der Waals surface area contributed by atoms with Gasteiger partial charge in [-0.05, 0) is 66.9 Å². The van der Waals surface area contributed by atoms with Gasteiger partial charge < -0.3 is 25.2 Å². The van der Waals surface area contributed by atoms with Gasteiger partial charge in [0.25, 0.3) is 0 Å². The van der Waals surface area contributed by atoms with Crippen molar-refractivity contribution in [2.24, 2.45) is 0 Å². The Morgan fingerprint density at radius 2 is 1.93 bits per heavy atom. The summed E-state index contributed by atoms with van der Waals surface area (Å²) in [6.45, 7) is 2.11. The molecule has 5 rings (SSSR count). The maximum atomic E-state index is 14.2. The summed E-state index contributed by atoms with van der Waals surface area (Å²) in [4.78, 5) is 41.1. The molecule has 4 aromatic rings. The molecule has 1 aliphatic rings. The Kier molecular flexibility index (Phi) is 8.63. The van der Waals surface area contributed by atoms with Gasteiger partial charge in [-0.2, -0.15) is 0 Å². The number of amides is 3. The van der Waals surface area contributed by atoms with E-state index in [0.717, 1.165) is 12.8 Å². The Morgan fingerprint density at radius 3 is 2.64 bits per heavy atom. The Labute approximate surface area is 242 Å². The molecule has 1 aromatic heterocycles. The number of aromatic nitrogens is 3. The summed E-state index contributed by atoms with van der Waals surface area (Å²) in [5.41, 5.74) is 2.65. The summed E-state index contributed by atoms with van der Waals surface area (Å²) in [7, 11) is 1.41. The number of anilines is 2. The highest BCUT2D eigenvalue weighted by molar-refractivity contribution is 6.02. The number of ether oxygens (including phenoxy) is 2. The van der Waals surface area contributed by atoms with Crippen LogP contribution in [0.15, 0.2) is 66.7 Å². The number of carbonyl (C=O) groups excluding carboxylic acids is 3. The first-order chi connectivity index (χ1) is 20.3.